The number of alkyl halides is 1. The molecule has 0 saturated carbocycles. The Morgan fingerprint density at radius 1 is 0.800 bits per heavy atom. The van der Waals surface area contributed by atoms with E-state index in [2.05, 4.69) is 45.0 Å². The van der Waals surface area contributed by atoms with Crippen molar-refractivity contribution in [1.29, 1.82) is 0 Å². The molecule has 0 fully saturated rings. The quantitative estimate of drug-likeness (QED) is 0.452. The molecule has 0 amide bonds. The molecule has 0 radical (unpaired) electrons. The second-order valence-electron chi connectivity index (χ2n) is 8.59. The summed E-state index contributed by atoms with van der Waals surface area (Å²) in [6.45, 7) is 12.1. The number of halogens is 1. The molecule has 30 heavy (non-hydrogen) atoms. The standard InChI is InChI=1S/C25H35ClO4/c1-18(2)28-15-19(3)16-29-23-10-6-20(7-11-23)25(4,5)21-8-12-24(13-9-21)30-17-22(27)14-26/h6-13,18-19,22,27H,14-17H2,1-5H3. The molecule has 2 aromatic rings. The Hall–Kier alpha value is -1.75. The van der Waals surface area contributed by atoms with E-state index in [1.54, 1.807) is 0 Å². The van der Waals surface area contributed by atoms with Gasteiger partial charge in [0.05, 0.1) is 25.2 Å². The van der Waals surface area contributed by atoms with Crippen LogP contribution in [0, 0.1) is 5.92 Å². The fraction of sp³-hybridized carbons (Fsp3) is 0.520. The zero-order valence-electron chi connectivity index (χ0n) is 18.7. The van der Waals surface area contributed by atoms with Gasteiger partial charge in [0.1, 0.15) is 24.2 Å². The van der Waals surface area contributed by atoms with Crippen molar-refractivity contribution >= 4 is 11.6 Å². The van der Waals surface area contributed by atoms with Gasteiger partial charge < -0.3 is 19.3 Å². The minimum Gasteiger partial charge on any atom is -0.493 e. The van der Waals surface area contributed by atoms with Crippen molar-refractivity contribution in [3.8, 4) is 11.5 Å². The molecule has 1 N–H and O–H groups in total. The van der Waals surface area contributed by atoms with Gasteiger partial charge in [-0.05, 0) is 49.2 Å². The maximum absolute atomic E-state index is 9.52. The Labute approximate surface area is 186 Å². The van der Waals surface area contributed by atoms with Gasteiger partial charge in [0, 0.05) is 11.3 Å². The molecule has 2 rings (SSSR count). The molecule has 2 atom stereocenters. The summed E-state index contributed by atoms with van der Waals surface area (Å²) in [7, 11) is 0. The number of hydrogen-bond acceptors (Lipinski definition) is 4. The van der Waals surface area contributed by atoms with Crippen LogP contribution in [0.1, 0.15) is 45.7 Å². The van der Waals surface area contributed by atoms with Crippen molar-refractivity contribution in [2.24, 2.45) is 5.92 Å². The predicted octanol–water partition coefficient (Wildman–Crippen LogP) is 5.43. The summed E-state index contributed by atoms with van der Waals surface area (Å²) >= 11 is 5.60. The summed E-state index contributed by atoms with van der Waals surface area (Å²) in [5, 5.41) is 9.52. The largest absolute Gasteiger partial charge is 0.493 e. The third-order valence-electron chi connectivity index (χ3n) is 5.02. The van der Waals surface area contributed by atoms with Crippen LogP contribution >= 0.6 is 11.6 Å². The molecular weight excluding hydrogens is 400 g/mol. The summed E-state index contributed by atoms with van der Waals surface area (Å²) in [6, 6.07) is 16.3. The van der Waals surface area contributed by atoms with Crippen molar-refractivity contribution in [2.45, 2.75) is 52.2 Å². The molecule has 4 nitrogen and oxygen atoms in total. The molecule has 166 valence electrons. The lowest BCUT2D eigenvalue weighted by molar-refractivity contribution is 0.0427. The van der Waals surface area contributed by atoms with Gasteiger partial charge >= 0.3 is 0 Å². The highest BCUT2D eigenvalue weighted by molar-refractivity contribution is 6.18. The fourth-order valence-electron chi connectivity index (χ4n) is 2.98. The van der Waals surface area contributed by atoms with Crippen LogP contribution in [0.3, 0.4) is 0 Å². The summed E-state index contributed by atoms with van der Waals surface area (Å²) in [4.78, 5) is 0. The van der Waals surface area contributed by atoms with Gasteiger partial charge in [0.15, 0.2) is 0 Å². The van der Waals surface area contributed by atoms with Crippen LogP contribution in [0.5, 0.6) is 11.5 Å². The van der Waals surface area contributed by atoms with Crippen molar-refractivity contribution < 1.29 is 19.3 Å². The Balaban J connectivity index is 1.95. The highest BCUT2D eigenvalue weighted by Crippen LogP contribution is 2.33. The average molecular weight is 435 g/mol. The molecular formula is C25H35ClO4. The number of hydrogen-bond donors (Lipinski definition) is 1. The van der Waals surface area contributed by atoms with Crippen molar-refractivity contribution in [3.63, 3.8) is 0 Å². The van der Waals surface area contributed by atoms with Gasteiger partial charge in [-0.25, -0.2) is 0 Å². The lowest BCUT2D eigenvalue weighted by atomic mass is 9.78. The smallest absolute Gasteiger partial charge is 0.119 e. The van der Waals surface area contributed by atoms with Crippen LogP contribution in [-0.4, -0.2) is 43.0 Å². The first-order valence-electron chi connectivity index (χ1n) is 10.5. The number of aliphatic hydroxyl groups excluding tert-OH is 1. The molecule has 0 aliphatic heterocycles. The maximum atomic E-state index is 9.52. The monoisotopic (exact) mass is 434 g/mol. The van der Waals surface area contributed by atoms with Crippen LogP contribution in [0.4, 0.5) is 0 Å². The molecule has 0 aliphatic rings. The maximum Gasteiger partial charge on any atom is 0.119 e. The van der Waals surface area contributed by atoms with Crippen LogP contribution in [-0.2, 0) is 10.2 Å². The Morgan fingerprint density at radius 3 is 1.70 bits per heavy atom. The van der Waals surface area contributed by atoms with E-state index in [9.17, 15) is 5.11 Å². The summed E-state index contributed by atoms with van der Waals surface area (Å²) in [6.07, 6.45) is -0.416. The second kappa shape index (κ2) is 11.6. The molecule has 0 aliphatic carbocycles. The zero-order valence-corrected chi connectivity index (χ0v) is 19.5. The van der Waals surface area contributed by atoms with E-state index < -0.39 is 6.10 Å². The topological polar surface area (TPSA) is 47.9 Å². The van der Waals surface area contributed by atoms with Gasteiger partial charge in [0.25, 0.3) is 0 Å². The van der Waals surface area contributed by atoms with E-state index in [1.165, 1.54) is 11.1 Å². The fourth-order valence-corrected chi connectivity index (χ4v) is 3.07. The SMILES string of the molecule is CC(COc1ccc(C(C)(C)c2ccc(OCC(O)CCl)cc2)cc1)COC(C)C. The lowest BCUT2D eigenvalue weighted by Gasteiger charge is -2.26. The molecule has 2 aromatic carbocycles. The normalized spacial score (nSPS) is 13.9. The van der Waals surface area contributed by atoms with Gasteiger partial charge in [-0.1, -0.05) is 45.0 Å². The summed E-state index contributed by atoms with van der Waals surface area (Å²) < 4.78 is 17.1. The summed E-state index contributed by atoms with van der Waals surface area (Å²) in [5.41, 5.74) is 2.23. The van der Waals surface area contributed by atoms with Gasteiger partial charge in [-0.3, -0.25) is 0 Å². The second-order valence-corrected chi connectivity index (χ2v) is 8.90. The molecule has 0 spiro atoms. The number of ether oxygens (including phenoxy) is 3. The minimum absolute atomic E-state index is 0.162. The molecule has 2 unspecified atom stereocenters. The van der Waals surface area contributed by atoms with Crippen LogP contribution in [0.25, 0.3) is 0 Å². The number of benzene rings is 2. The van der Waals surface area contributed by atoms with E-state index >= 15 is 0 Å². The Kier molecular flexibility index (Phi) is 9.47. The third kappa shape index (κ3) is 7.50. The highest BCUT2D eigenvalue weighted by Gasteiger charge is 2.23. The van der Waals surface area contributed by atoms with E-state index in [0.717, 1.165) is 11.5 Å². The van der Waals surface area contributed by atoms with Crippen molar-refractivity contribution in [2.75, 3.05) is 25.7 Å². The average Bonchev–Trinajstić information content (AvgIpc) is 2.75. The van der Waals surface area contributed by atoms with Gasteiger partial charge in [-0.15, -0.1) is 11.6 Å². The minimum atomic E-state index is -0.658. The van der Waals surface area contributed by atoms with Gasteiger partial charge in [-0.2, -0.15) is 0 Å². The molecule has 0 saturated heterocycles. The Bertz CT molecular complexity index is 741. The highest BCUT2D eigenvalue weighted by atomic mass is 35.5. The molecule has 0 bridgehead atoms. The number of aliphatic hydroxyl groups is 1. The van der Waals surface area contributed by atoms with E-state index in [1.807, 2.05) is 38.1 Å². The zero-order chi connectivity index (χ0) is 22.1. The van der Waals surface area contributed by atoms with E-state index in [4.69, 9.17) is 25.8 Å². The molecule has 5 heteroatoms. The predicted molar refractivity (Wildman–Crippen MR) is 123 cm³/mol. The summed E-state index contributed by atoms with van der Waals surface area (Å²) in [5.74, 6) is 2.09. The van der Waals surface area contributed by atoms with Crippen LogP contribution in [0.15, 0.2) is 48.5 Å². The van der Waals surface area contributed by atoms with Crippen LogP contribution < -0.4 is 9.47 Å². The molecule has 0 heterocycles. The third-order valence-corrected chi connectivity index (χ3v) is 5.38. The van der Waals surface area contributed by atoms with Gasteiger partial charge in [0.2, 0.25) is 0 Å². The number of rotatable bonds is 12. The van der Waals surface area contributed by atoms with E-state index in [0.29, 0.717) is 19.1 Å². The van der Waals surface area contributed by atoms with Crippen LogP contribution in [0.2, 0.25) is 0 Å². The first-order valence-corrected chi connectivity index (χ1v) is 11.1. The first-order chi connectivity index (χ1) is 14.2. The molecule has 0 aromatic heterocycles. The van der Waals surface area contributed by atoms with E-state index in [-0.39, 0.29) is 24.0 Å². The Morgan fingerprint density at radius 2 is 1.27 bits per heavy atom. The van der Waals surface area contributed by atoms with Crippen molar-refractivity contribution in [3.05, 3.63) is 59.7 Å². The van der Waals surface area contributed by atoms with Crippen molar-refractivity contribution in [1.82, 2.24) is 0 Å². The first kappa shape index (κ1) is 24.5. The lowest BCUT2D eigenvalue weighted by Crippen LogP contribution is -2.20.